The van der Waals surface area contributed by atoms with Gasteiger partial charge in [-0.25, -0.2) is 0 Å². The highest BCUT2D eigenvalue weighted by Crippen LogP contribution is 2.33. The lowest BCUT2D eigenvalue weighted by molar-refractivity contribution is -0.384. The summed E-state index contributed by atoms with van der Waals surface area (Å²) < 4.78 is 0. The number of carbonyl (C=O) groups is 1. The quantitative estimate of drug-likeness (QED) is 0.598. The number of amides is 1. The van der Waals surface area contributed by atoms with Crippen molar-refractivity contribution in [2.75, 3.05) is 44.7 Å². The first-order valence-corrected chi connectivity index (χ1v) is 10.5. The summed E-state index contributed by atoms with van der Waals surface area (Å²) in [5.74, 6) is 1.22. The number of carbonyl (C=O) groups excluding carboxylic acids is 1. The zero-order valence-corrected chi connectivity index (χ0v) is 17.0. The van der Waals surface area contributed by atoms with Crippen LogP contribution in [-0.2, 0) is 0 Å². The van der Waals surface area contributed by atoms with Crippen molar-refractivity contribution < 1.29 is 9.72 Å². The Labute approximate surface area is 167 Å². The van der Waals surface area contributed by atoms with Crippen molar-refractivity contribution in [1.82, 2.24) is 10.2 Å². The molecule has 7 nitrogen and oxygen atoms in total. The van der Waals surface area contributed by atoms with E-state index in [1.54, 1.807) is 12.1 Å². The highest BCUT2D eigenvalue weighted by Gasteiger charge is 2.27. The molecule has 0 radical (unpaired) electrons. The molecule has 2 saturated heterocycles. The maximum Gasteiger partial charge on any atom is 0.293 e. The average molecular weight is 389 g/mol. The van der Waals surface area contributed by atoms with Gasteiger partial charge in [0.1, 0.15) is 5.69 Å². The molecule has 2 heterocycles. The lowest BCUT2D eigenvalue weighted by atomic mass is 9.93. The summed E-state index contributed by atoms with van der Waals surface area (Å²) in [5, 5.41) is 14.8. The van der Waals surface area contributed by atoms with Crippen molar-refractivity contribution in [2.45, 2.75) is 39.0 Å². The molecule has 0 spiro atoms. The zero-order valence-electron chi connectivity index (χ0n) is 17.0. The van der Waals surface area contributed by atoms with Crippen LogP contribution in [0.5, 0.6) is 0 Å². The van der Waals surface area contributed by atoms with E-state index in [1.165, 1.54) is 6.07 Å². The lowest BCUT2D eigenvalue weighted by Gasteiger charge is -2.33. The fourth-order valence-corrected chi connectivity index (χ4v) is 4.28. The molecule has 2 aliphatic rings. The van der Waals surface area contributed by atoms with E-state index in [-0.39, 0.29) is 16.5 Å². The molecule has 0 bridgehead atoms. The second-order valence-corrected chi connectivity index (χ2v) is 8.26. The number of nitrogens with one attached hydrogen (secondary N) is 1. The SMILES string of the molecule is CNCCC1CCN(C(=O)c2ccc(N3CCC(C)CC3)c([N+](=O)[O-])c2)CC1. The van der Waals surface area contributed by atoms with Crippen LogP contribution in [0.15, 0.2) is 18.2 Å². The molecule has 0 saturated carbocycles. The fraction of sp³-hybridized carbons (Fsp3) is 0.667. The maximum atomic E-state index is 12.9. The summed E-state index contributed by atoms with van der Waals surface area (Å²) in [5.41, 5.74) is 1.11. The second kappa shape index (κ2) is 9.37. The normalized spacial score (nSPS) is 19.1. The molecule has 154 valence electrons. The first-order valence-electron chi connectivity index (χ1n) is 10.5. The number of anilines is 1. The van der Waals surface area contributed by atoms with Crippen LogP contribution in [0.25, 0.3) is 0 Å². The molecule has 3 rings (SSSR count). The predicted molar refractivity (Wildman–Crippen MR) is 111 cm³/mol. The summed E-state index contributed by atoms with van der Waals surface area (Å²) in [6.45, 7) is 6.33. The number of hydrogen-bond acceptors (Lipinski definition) is 5. The van der Waals surface area contributed by atoms with E-state index in [2.05, 4.69) is 17.1 Å². The molecule has 0 unspecified atom stereocenters. The third-order valence-electron chi connectivity index (χ3n) is 6.25. The van der Waals surface area contributed by atoms with Gasteiger partial charge in [0, 0.05) is 37.8 Å². The maximum absolute atomic E-state index is 12.9. The minimum Gasteiger partial charge on any atom is -0.366 e. The van der Waals surface area contributed by atoms with Gasteiger partial charge >= 0.3 is 0 Å². The van der Waals surface area contributed by atoms with Crippen LogP contribution in [-0.4, -0.2) is 55.5 Å². The molecule has 1 N–H and O–H groups in total. The molecular formula is C21H32N4O3. The summed E-state index contributed by atoms with van der Waals surface area (Å²) in [6, 6.07) is 5.00. The Bertz CT molecular complexity index is 693. The van der Waals surface area contributed by atoms with Gasteiger partial charge in [0.15, 0.2) is 0 Å². The van der Waals surface area contributed by atoms with E-state index >= 15 is 0 Å². The van der Waals surface area contributed by atoms with Gasteiger partial charge < -0.3 is 15.1 Å². The highest BCUT2D eigenvalue weighted by atomic mass is 16.6. The summed E-state index contributed by atoms with van der Waals surface area (Å²) in [7, 11) is 1.96. The van der Waals surface area contributed by atoms with E-state index in [0.29, 0.717) is 23.1 Å². The van der Waals surface area contributed by atoms with Crippen molar-refractivity contribution in [3.63, 3.8) is 0 Å². The van der Waals surface area contributed by atoms with E-state index in [4.69, 9.17) is 0 Å². The lowest BCUT2D eigenvalue weighted by Crippen LogP contribution is -2.39. The van der Waals surface area contributed by atoms with Crippen LogP contribution in [0, 0.1) is 22.0 Å². The van der Waals surface area contributed by atoms with Gasteiger partial charge in [0.25, 0.3) is 11.6 Å². The predicted octanol–water partition coefficient (Wildman–Crippen LogP) is 3.29. The molecule has 7 heteroatoms. The number of nitro benzene ring substituents is 1. The summed E-state index contributed by atoms with van der Waals surface area (Å²) in [6.07, 6.45) is 5.22. The number of piperidine rings is 2. The number of rotatable bonds is 6. The van der Waals surface area contributed by atoms with Crippen LogP contribution >= 0.6 is 0 Å². The number of likely N-dealkylation sites (tertiary alicyclic amines) is 1. The van der Waals surface area contributed by atoms with Gasteiger partial charge in [-0.2, -0.15) is 0 Å². The van der Waals surface area contributed by atoms with Gasteiger partial charge in [-0.1, -0.05) is 6.92 Å². The Balaban J connectivity index is 1.70. The molecule has 0 atom stereocenters. The van der Waals surface area contributed by atoms with Crippen molar-refractivity contribution >= 4 is 17.3 Å². The molecule has 2 aliphatic heterocycles. The number of hydrogen-bond donors (Lipinski definition) is 1. The molecule has 0 aliphatic carbocycles. The number of nitro groups is 1. The van der Waals surface area contributed by atoms with Crippen LogP contribution in [0.1, 0.15) is 49.4 Å². The topological polar surface area (TPSA) is 78.7 Å². The van der Waals surface area contributed by atoms with Gasteiger partial charge in [0.2, 0.25) is 0 Å². The molecule has 2 fully saturated rings. The Morgan fingerprint density at radius 2 is 1.86 bits per heavy atom. The van der Waals surface area contributed by atoms with Gasteiger partial charge in [0.05, 0.1) is 4.92 Å². The Morgan fingerprint density at radius 1 is 1.18 bits per heavy atom. The summed E-state index contributed by atoms with van der Waals surface area (Å²) in [4.78, 5) is 28.1. The van der Waals surface area contributed by atoms with Crippen LogP contribution < -0.4 is 10.2 Å². The number of nitrogens with zero attached hydrogens (tertiary/aromatic N) is 3. The minimum absolute atomic E-state index is 0.0457. The molecule has 0 aromatic heterocycles. The van der Waals surface area contributed by atoms with Gasteiger partial charge in [-0.3, -0.25) is 14.9 Å². The molecule has 1 aromatic carbocycles. The monoisotopic (exact) mass is 388 g/mol. The highest BCUT2D eigenvalue weighted by molar-refractivity contribution is 5.96. The molecule has 1 aromatic rings. The van der Waals surface area contributed by atoms with Crippen molar-refractivity contribution in [3.8, 4) is 0 Å². The fourth-order valence-electron chi connectivity index (χ4n) is 4.28. The standard InChI is InChI=1S/C21H32N4O3/c1-16-6-11-23(12-7-16)19-4-3-18(15-20(19)25(27)28)21(26)24-13-8-17(9-14-24)5-10-22-2/h3-4,15-17,22H,5-14H2,1-2H3. The molecular weight excluding hydrogens is 356 g/mol. The Hall–Kier alpha value is -2.15. The van der Waals surface area contributed by atoms with Crippen LogP contribution in [0.2, 0.25) is 0 Å². The average Bonchev–Trinajstić information content (AvgIpc) is 2.72. The van der Waals surface area contributed by atoms with Crippen LogP contribution in [0.4, 0.5) is 11.4 Å². The Morgan fingerprint density at radius 3 is 2.46 bits per heavy atom. The van der Waals surface area contributed by atoms with Crippen LogP contribution in [0.3, 0.4) is 0 Å². The van der Waals surface area contributed by atoms with E-state index in [0.717, 1.165) is 64.8 Å². The first kappa shape index (κ1) is 20.6. The van der Waals surface area contributed by atoms with Crippen molar-refractivity contribution in [1.29, 1.82) is 0 Å². The molecule has 28 heavy (non-hydrogen) atoms. The van der Waals surface area contributed by atoms with Gasteiger partial charge in [-0.05, 0) is 69.7 Å². The Kier molecular flexibility index (Phi) is 6.88. The van der Waals surface area contributed by atoms with E-state index in [1.807, 2.05) is 11.9 Å². The van der Waals surface area contributed by atoms with Crippen molar-refractivity contribution in [3.05, 3.63) is 33.9 Å². The largest absolute Gasteiger partial charge is 0.366 e. The van der Waals surface area contributed by atoms with E-state index < -0.39 is 0 Å². The van der Waals surface area contributed by atoms with E-state index in [9.17, 15) is 14.9 Å². The van der Waals surface area contributed by atoms with Gasteiger partial charge in [-0.15, -0.1) is 0 Å². The third kappa shape index (κ3) is 4.82. The van der Waals surface area contributed by atoms with Crippen molar-refractivity contribution in [2.24, 2.45) is 11.8 Å². The molecule has 1 amide bonds. The zero-order chi connectivity index (χ0) is 20.1. The second-order valence-electron chi connectivity index (χ2n) is 8.26. The number of benzene rings is 1. The minimum atomic E-state index is -0.353. The summed E-state index contributed by atoms with van der Waals surface area (Å²) >= 11 is 0. The first-order chi connectivity index (χ1) is 13.5. The smallest absolute Gasteiger partial charge is 0.293 e. The third-order valence-corrected chi connectivity index (χ3v) is 6.25.